The second kappa shape index (κ2) is 27.7. The molecule has 3 fully saturated rings. The van der Waals surface area contributed by atoms with Crippen molar-refractivity contribution in [3.63, 3.8) is 0 Å². The third-order valence-electron chi connectivity index (χ3n) is 18.8. The number of hydrogen-bond donors (Lipinski definition) is 2. The zero-order chi connectivity index (χ0) is 67.9. The van der Waals surface area contributed by atoms with E-state index in [0.29, 0.717) is 81.8 Å². The Morgan fingerprint density at radius 1 is 0.423 bits per heavy atom. The van der Waals surface area contributed by atoms with E-state index in [0.717, 1.165) is 146 Å². The molecule has 12 aromatic rings. The minimum absolute atomic E-state index is 0.100. The van der Waals surface area contributed by atoms with E-state index in [-0.39, 0.29) is 23.3 Å². The summed E-state index contributed by atoms with van der Waals surface area (Å²) >= 11 is 0. The molecule has 25 nitrogen and oxygen atoms in total. The number of aliphatic hydroxyl groups excluding tert-OH is 1. The molecule has 0 bridgehead atoms. The van der Waals surface area contributed by atoms with Crippen LogP contribution in [0, 0.1) is 20.8 Å². The highest BCUT2D eigenvalue weighted by Crippen LogP contribution is 2.27. The van der Waals surface area contributed by atoms with E-state index < -0.39 is 0 Å². The first-order valence-corrected chi connectivity index (χ1v) is 34.1. The zero-order valence-electron chi connectivity index (χ0n) is 57.4. The van der Waals surface area contributed by atoms with Crippen LogP contribution in [-0.4, -0.2) is 183 Å². The summed E-state index contributed by atoms with van der Waals surface area (Å²) in [5, 5.41) is 26.8. The number of aliphatic hydroxyl groups is 1. The first kappa shape index (κ1) is 65.8. The van der Waals surface area contributed by atoms with E-state index in [4.69, 9.17) is 15.0 Å². The summed E-state index contributed by atoms with van der Waals surface area (Å²) in [6, 6.07) is 24.1. The molecular formula is C72H87N21O4. The molecule has 0 saturated carbocycles. The number of β-amino-alcohol motifs (C(OH)–C–C–N with tert-alkyl or cyclic N) is 1. The standard InChI is InChI=1S/C25H31N7O.C24H29N7O2.C23H27N7O/c1-5-9-29-10-11-30(15-18(29)4)19-7-8-24-27-21(13-25(33)31(24)16-19)22-12-23-20(6-2)26-17(3)14-32(23)28-22;1-4-19-22-11-21(27-31(22)13-16(2)25-19)20-12-24(33)30-15-18(5-6-23(30)26-20)29-8-7-28(9-10-32)17(3)14-29;1-5-18-21-8-20(27-30(21)12-16(4)25-18)19-9-23(31)29-13-17(6-7-22(29)26-19)28-10-14(2)24-15(3)11-28/h7-8,12-14,16,18H,5-6,9-11,15H2,1-4H3;5-6,11-13,15,17,32H,4,7-10,14H2,1-3H3;6-9,12-15,24H,5,10-11H2,1-4H3/t18-;17-;14-,15+/m11./s1. The fourth-order valence-electron chi connectivity index (χ4n) is 14.0. The quantitative estimate of drug-likeness (QED) is 0.114. The monoisotopic (exact) mass is 1310 g/mol. The van der Waals surface area contributed by atoms with Crippen molar-refractivity contribution >= 4 is 50.6 Å². The lowest BCUT2D eigenvalue weighted by Crippen LogP contribution is -2.54. The highest BCUT2D eigenvalue weighted by atomic mass is 16.3. The van der Waals surface area contributed by atoms with Crippen molar-refractivity contribution in [2.45, 2.75) is 126 Å². The minimum Gasteiger partial charge on any atom is -0.395 e. The van der Waals surface area contributed by atoms with E-state index in [1.165, 1.54) is 6.42 Å². The van der Waals surface area contributed by atoms with Gasteiger partial charge in [0, 0.05) is 120 Å². The molecule has 12 aromatic heterocycles. The first-order chi connectivity index (χ1) is 46.8. The fraction of sp³-hybridized carbons (Fsp3) is 0.417. The van der Waals surface area contributed by atoms with E-state index >= 15 is 0 Å². The molecule has 97 heavy (non-hydrogen) atoms. The Morgan fingerprint density at radius 2 is 0.773 bits per heavy atom. The van der Waals surface area contributed by atoms with Crippen LogP contribution < -0.4 is 36.7 Å². The zero-order valence-corrected chi connectivity index (χ0v) is 57.4. The average Bonchev–Trinajstić information content (AvgIpc) is 1.77. The molecule has 4 atom stereocenters. The number of hydrogen-bond acceptors (Lipinski definition) is 19. The number of anilines is 3. The Hall–Kier alpha value is -9.82. The summed E-state index contributed by atoms with van der Waals surface area (Å²) in [5.74, 6) is 0. The van der Waals surface area contributed by atoms with Gasteiger partial charge in [-0.2, -0.15) is 15.3 Å². The summed E-state index contributed by atoms with van der Waals surface area (Å²) < 4.78 is 10.3. The maximum Gasteiger partial charge on any atom is 0.258 e. The van der Waals surface area contributed by atoms with Crippen molar-refractivity contribution in [2.75, 3.05) is 86.8 Å². The second-order valence-electron chi connectivity index (χ2n) is 26.2. The molecule has 25 heteroatoms. The van der Waals surface area contributed by atoms with Crippen LogP contribution in [0.15, 0.2) is 124 Å². The average molecular weight is 1310 g/mol. The molecule has 3 saturated heterocycles. The summed E-state index contributed by atoms with van der Waals surface area (Å²) in [4.78, 5) is 78.9. The van der Waals surface area contributed by atoms with Gasteiger partial charge in [0.25, 0.3) is 16.7 Å². The fourth-order valence-corrected chi connectivity index (χ4v) is 14.0. The number of nitrogens with one attached hydrogen (secondary N) is 1. The van der Waals surface area contributed by atoms with Gasteiger partial charge < -0.3 is 25.1 Å². The molecular weight excluding hydrogens is 1220 g/mol. The highest BCUT2D eigenvalue weighted by molar-refractivity contribution is 5.70. The van der Waals surface area contributed by atoms with Gasteiger partial charge in [0.05, 0.1) is 110 Å². The third-order valence-corrected chi connectivity index (χ3v) is 18.8. The van der Waals surface area contributed by atoms with Gasteiger partial charge in [-0.25, -0.2) is 28.5 Å². The van der Waals surface area contributed by atoms with Crippen molar-refractivity contribution in [3.05, 3.63) is 175 Å². The lowest BCUT2D eigenvalue weighted by Gasteiger charge is -2.40. The predicted molar refractivity (Wildman–Crippen MR) is 381 cm³/mol. The third kappa shape index (κ3) is 13.7. The van der Waals surface area contributed by atoms with Gasteiger partial charge in [-0.1, -0.05) is 27.7 Å². The van der Waals surface area contributed by atoms with Crippen LogP contribution in [0.1, 0.15) is 96.0 Å². The lowest BCUT2D eigenvalue weighted by molar-refractivity contribution is 0.146. The number of nitrogens with zero attached hydrogens (tertiary/aromatic N) is 20. The van der Waals surface area contributed by atoms with Gasteiger partial charge in [0.1, 0.15) is 34.0 Å². The molecule has 2 N–H and O–H groups in total. The summed E-state index contributed by atoms with van der Waals surface area (Å²) in [6.45, 7) is 32.5. The van der Waals surface area contributed by atoms with Crippen LogP contribution in [0.25, 0.3) is 67.7 Å². The maximum absolute atomic E-state index is 13.1. The normalized spacial score (nSPS) is 18.0. The van der Waals surface area contributed by atoms with Gasteiger partial charge in [-0.05, 0) is 135 Å². The minimum atomic E-state index is -0.133. The Bertz CT molecular complexity index is 4870. The van der Waals surface area contributed by atoms with Crippen LogP contribution in [0.5, 0.6) is 0 Å². The molecule has 0 radical (unpaired) electrons. The number of piperazine rings is 3. The van der Waals surface area contributed by atoms with Crippen molar-refractivity contribution in [2.24, 2.45) is 0 Å². The summed E-state index contributed by atoms with van der Waals surface area (Å²) in [5.41, 5.74) is 16.8. The van der Waals surface area contributed by atoms with Crippen molar-refractivity contribution in [1.82, 2.24) is 87.1 Å². The molecule has 0 unspecified atom stereocenters. The highest BCUT2D eigenvalue weighted by Gasteiger charge is 2.27. The Labute approximate surface area is 562 Å². The van der Waals surface area contributed by atoms with Gasteiger partial charge in [0.2, 0.25) is 0 Å². The van der Waals surface area contributed by atoms with Crippen LogP contribution in [-0.2, 0) is 19.3 Å². The number of fused-ring (bicyclic) bond motifs is 6. The van der Waals surface area contributed by atoms with Gasteiger partial charge in [-0.3, -0.25) is 52.3 Å². The van der Waals surface area contributed by atoms with E-state index in [2.05, 4.69) is 122 Å². The predicted octanol–water partition coefficient (Wildman–Crippen LogP) is 7.43. The van der Waals surface area contributed by atoms with Gasteiger partial charge in [0.15, 0.2) is 0 Å². The number of aryl methyl sites for hydroxylation is 6. The molecule has 15 heterocycles. The lowest BCUT2D eigenvalue weighted by atomic mass is 10.1. The van der Waals surface area contributed by atoms with Crippen LogP contribution >= 0.6 is 0 Å². The first-order valence-electron chi connectivity index (χ1n) is 34.1. The van der Waals surface area contributed by atoms with Crippen molar-refractivity contribution < 1.29 is 5.11 Å². The molecule has 0 aromatic carbocycles. The molecule has 504 valence electrons. The van der Waals surface area contributed by atoms with Crippen LogP contribution in [0.3, 0.4) is 0 Å². The number of pyridine rings is 3. The number of rotatable bonds is 13. The topological polar surface area (TPSA) is 242 Å². The van der Waals surface area contributed by atoms with Crippen molar-refractivity contribution in [1.29, 1.82) is 0 Å². The SMILES string of the molecule is CCCN1CCN(c2ccc3nc(-c4cc5c(CC)nc(C)cn5n4)cc(=O)n3c2)C[C@H]1C.CCc1nc(C)cn2nc(-c3cc(=O)n4cc(N5CCN(CCO)[C@H](C)C5)ccc4n3)cc12.CCc1nc(C)cn2nc(-c3cc(=O)n4cc(N5C[C@@H](C)N[C@@H](C)C5)ccc4n3)cc12. The van der Waals surface area contributed by atoms with Gasteiger partial charge >= 0.3 is 0 Å². The number of aromatic nitrogens is 15. The largest absolute Gasteiger partial charge is 0.395 e. The molecule has 0 amide bonds. The Morgan fingerprint density at radius 3 is 1.10 bits per heavy atom. The smallest absolute Gasteiger partial charge is 0.258 e. The summed E-state index contributed by atoms with van der Waals surface area (Å²) in [7, 11) is 0. The Balaban J connectivity index is 0.000000131. The van der Waals surface area contributed by atoms with Crippen LogP contribution in [0.2, 0.25) is 0 Å². The van der Waals surface area contributed by atoms with E-state index in [1.807, 2.05) is 120 Å². The molecule has 0 spiro atoms. The molecule has 3 aliphatic heterocycles. The van der Waals surface area contributed by atoms with Crippen molar-refractivity contribution in [3.8, 4) is 34.2 Å². The molecule has 15 rings (SSSR count). The second-order valence-corrected chi connectivity index (χ2v) is 26.2. The molecule has 3 aliphatic rings. The van der Waals surface area contributed by atoms with Gasteiger partial charge in [-0.15, -0.1) is 0 Å². The van der Waals surface area contributed by atoms with E-state index in [9.17, 15) is 19.5 Å². The molecule has 0 aliphatic carbocycles. The maximum atomic E-state index is 13.1. The van der Waals surface area contributed by atoms with E-state index in [1.54, 1.807) is 31.4 Å². The summed E-state index contributed by atoms with van der Waals surface area (Å²) in [6.07, 6.45) is 15.0. The van der Waals surface area contributed by atoms with Crippen LogP contribution in [0.4, 0.5) is 17.1 Å². The Kier molecular flexibility index (Phi) is 18.8.